The van der Waals surface area contributed by atoms with Gasteiger partial charge in [0.2, 0.25) is 0 Å². The van der Waals surface area contributed by atoms with Gasteiger partial charge < -0.3 is 5.73 Å². The number of nitrogens with zero attached hydrogens (tertiary/aromatic N) is 2. The van der Waals surface area contributed by atoms with Crippen molar-refractivity contribution in [2.45, 2.75) is 45.6 Å². The van der Waals surface area contributed by atoms with Crippen LogP contribution >= 0.6 is 0 Å². The number of hydrogen-bond acceptors (Lipinski definition) is 2. The molecule has 1 aromatic rings. The first-order valence-corrected chi connectivity index (χ1v) is 7.64. The maximum atomic E-state index is 6.00. The third-order valence-corrected chi connectivity index (χ3v) is 5.14. The Labute approximate surface area is 116 Å². The smallest absolute Gasteiger partial charge is 0.152 e. The second kappa shape index (κ2) is 4.80. The monoisotopic (exact) mass is 260 g/mol. The molecule has 2 atom stereocenters. The van der Waals surface area contributed by atoms with Gasteiger partial charge in [-0.05, 0) is 38.3 Å². The Morgan fingerprint density at radius 3 is 2.53 bits per heavy atom. The van der Waals surface area contributed by atoms with Crippen molar-refractivity contribution in [2.24, 2.45) is 0 Å². The first kappa shape index (κ1) is 12.9. The number of quaternary nitrogens is 1. The molecule has 3 rings (SSSR count). The van der Waals surface area contributed by atoms with Crippen LogP contribution in [0.3, 0.4) is 0 Å². The van der Waals surface area contributed by atoms with E-state index < -0.39 is 0 Å². The molecule has 0 aliphatic carbocycles. The molecular weight excluding hydrogens is 234 g/mol. The summed E-state index contributed by atoms with van der Waals surface area (Å²) in [6, 6.07) is 7.35. The maximum Gasteiger partial charge on any atom is 0.152 e. The molecule has 0 aromatic heterocycles. The van der Waals surface area contributed by atoms with Crippen molar-refractivity contribution in [3.8, 4) is 0 Å². The summed E-state index contributed by atoms with van der Waals surface area (Å²) in [5, 5.41) is 2.70. The van der Waals surface area contributed by atoms with E-state index in [1.165, 1.54) is 56.6 Å². The van der Waals surface area contributed by atoms with Crippen LogP contribution in [0.15, 0.2) is 18.2 Å². The number of anilines is 1. The average molecular weight is 260 g/mol. The molecule has 2 aliphatic heterocycles. The van der Waals surface area contributed by atoms with Crippen molar-refractivity contribution in [2.75, 3.05) is 25.4 Å². The molecule has 1 aromatic carbocycles. The largest absolute Gasteiger partial charge is 0.399 e. The molecular formula is C16H26N3+. The second-order valence-electron chi connectivity index (χ2n) is 6.24. The molecule has 0 saturated carbocycles. The molecule has 0 unspecified atom stereocenters. The summed E-state index contributed by atoms with van der Waals surface area (Å²) in [6.07, 6.45) is 5.36. The van der Waals surface area contributed by atoms with E-state index in [1.54, 1.807) is 0 Å². The van der Waals surface area contributed by atoms with E-state index in [4.69, 9.17) is 5.73 Å². The van der Waals surface area contributed by atoms with Gasteiger partial charge in [-0.15, -0.1) is 5.01 Å². The summed E-state index contributed by atoms with van der Waals surface area (Å²) in [5.41, 5.74) is 9.57. The van der Waals surface area contributed by atoms with Gasteiger partial charge in [-0.25, -0.2) is 4.59 Å². The fraction of sp³-hybridized carbons (Fsp3) is 0.625. The third-order valence-electron chi connectivity index (χ3n) is 5.14. The van der Waals surface area contributed by atoms with Crippen molar-refractivity contribution in [1.82, 2.24) is 9.60 Å². The van der Waals surface area contributed by atoms with Crippen LogP contribution in [-0.4, -0.2) is 30.7 Å². The molecule has 2 fully saturated rings. The van der Waals surface area contributed by atoms with Gasteiger partial charge in [0, 0.05) is 43.8 Å². The molecule has 0 bridgehead atoms. The van der Waals surface area contributed by atoms with Crippen LogP contribution in [-0.2, 0) is 0 Å². The maximum absolute atomic E-state index is 6.00. The Kier molecular flexibility index (Phi) is 3.27. The van der Waals surface area contributed by atoms with Gasteiger partial charge in [0.25, 0.3) is 0 Å². The van der Waals surface area contributed by atoms with Crippen molar-refractivity contribution in [1.29, 1.82) is 0 Å². The lowest BCUT2D eigenvalue weighted by molar-refractivity contribution is -0.00180. The number of rotatable bonds is 2. The number of nitrogens with two attached hydrogens (primary N) is 1. The molecule has 3 heteroatoms. The molecule has 19 heavy (non-hydrogen) atoms. The van der Waals surface area contributed by atoms with Gasteiger partial charge >= 0.3 is 0 Å². The quantitative estimate of drug-likeness (QED) is 0.654. The summed E-state index contributed by atoms with van der Waals surface area (Å²) in [4.78, 5) is 0. The normalized spacial score (nSPS) is 32.0. The van der Waals surface area contributed by atoms with E-state index in [0.717, 1.165) is 10.3 Å². The van der Waals surface area contributed by atoms with E-state index in [2.05, 4.69) is 37.1 Å². The van der Waals surface area contributed by atoms with Crippen molar-refractivity contribution in [3.05, 3.63) is 23.8 Å². The van der Waals surface area contributed by atoms with Crippen LogP contribution in [0.25, 0.3) is 0 Å². The van der Waals surface area contributed by atoms with Crippen molar-refractivity contribution >= 4 is 11.4 Å². The Morgan fingerprint density at radius 1 is 1.21 bits per heavy atom. The van der Waals surface area contributed by atoms with Gasteiger partial charge in [0.1, 0.15) is 12.6 Å². The Bertz CT molecular complexity index is 465. The Balaban J connectivity index is 2.05. The van der Waals surface area contributed by atoms with Crippen molar-refractivity contribution < 1.29 is 0 Å². The van der Waals surface area contributed by atoms with Crippen LogP contribution in [0.1, 0.15) is 38.2 Å². The minimum Gasteiger partial charge on any atom is -0.399 e. The highest BCUT2D eigenvalue weighted by Crippen LogP contribution is 2.39. The van der Waals surface area contributed by atoms with Crippen molar-refractivity contribution in [3.63, 3.8) is 0 Å². The molecule has 2 aliphatic rings. The Morgan fingerprint density at radius 2 is 1.95 bits per heavy atom. The predicted octanol–water partition coefficient (Wildman–Crippen LogP) is 3.08. The lowest BCUT2D eigenvalue weighted by Crippen LogP contribution is -2.62. The van der Waals surface area contributed by atoms with Crippen LogP contribution in [0, 0.1) is 6.92 Å². The topological polar surface area (TPSA) is 29.3 Å². The fourth-order valence-corrected chi connectivity index (χ4v) is 3.99. The van der Waals surface area contributed by atoms with Gasteiger partial charge in [-0.3, -0.25) is 0 Å². The van der Waals surface area contributed by atoms with Crippen LogP contribution in [0.4, 0.5) is 11.4 Å². The van der Waals surface area contributed by atoms with Gasteiger partial charge in [-0.2, -0.15) is 0 Å². The first-order chi connectivity index (χ1) is 9.14. The van der Waals surface area contributed by atoms with E-state index >= 15 is 0 Å². The lowest BCUT2D eigenvalue weighted by Gasteiger charge is -2.44. The van der Waals surface area contributed by atoms with Crippen LogP contribution < -0.4 is 10.3 Å². The van der Waals surface area contributed by atoms with Crippen LogP contribution in [0.5, 0.6) is 0 Å². The zero-order valence-electron chi connectivity index (χ0n) is 12.2. The Hall–Kier alpha value is -1.06. The summed E-state index contributed by atoms with van der Waals surface area (Å²) >= 11 is 0. The lowest BCUT2D eigenvalue weighted by atomic mass is 10.1. The van der Waals surface area contributed by atoms with E-state index in [9.17, 15) is 0 Å². The summed E-state index contributed by atoms with van der Waals surface area (Å²) < 4.78 is 1.07. The summed E-state index contributed by atoms with van der Waals surface area (Å²) in [5.74, 6) is 0. The van der Waals surface area contributed by atoms with Gasteiger partial charge in [0.05, 0.1) is 0 Å². The van der Waals surface area contributed by atoms with Gasteiger partial charge in [-0.1, -0.05) is 0 Å². The highest BCUT2D eigenvalue weighted by atomic mass is 15.8. The summed E-state index contributed by atoms with van der Waals surface area (Å²) in [6.45, 7) is 8.28. The number of benzene rings is 1. The molecule has 2 heterocycles. The molecule has 2 N–H and O–H groups in total. The standard InChI is InChI=1S/C16H26N3/c1-13-12-15(7-8-16(13)17)19(11-5-6-14(19)2)18-9-3-4-10-18/h7-8,12,14H,3-6,9-11,17H2,1-2H3/q+1/t14-,19-/m0/s1. The predicted molar refractivity (Wildman–Crippen MR) is 81.8 cm³/mol. The molecule has 0 radical (unpaired) electrons. The van der Waals surface area contributed by atoms with E-state index in [-0.39, 0.29) is 0 Å². The van der Waals surface area contributed by atoms with E-state index in [1.807, 2.05) is 0 Å². The zero-order valence-corrected chi connectivity index (χ0v) is 12.2. The third kappa shape index (κ3) is 1.96. The molecule has 0 amide bonds. The molecule has 104 valence electrons. The highest BCUT2D eigenvalue weighted by Gasteiger charge is 2.47. The number of aryl methyl sites for hydroxylation is 1. The zero-order chi connectivity index (χ0) is 13.5. The number of nitrogen functional groups attached to an aromatic ring is 1. The molecule has 3 nitrogen and oxygen atoms in total. The minimum absolute atomic E-state index is 0.695. The first-order valence-electron chi connectivity index (χ1n) is 7.64. The highest BCUT2D eigenvalue weighted by molar-refractivity contribution is 5.56. The molecule has 2 saturated heterocycles. The van der Waals surface area contributed by atoms with E-state index in [0.29, 0.717) is 6.04 Å². The fourth-order valence-electron chi connectivity index (χ4n) is 3.99. The molecule has 0 spiro atoms. The average Bonchev–Trinajstić information content (AvgIpc) is 3.02. The number of hydrogen-bond donors (Lipinski definition) is 1. The van der Waals surface area contributed by atoms with Gasteiger partial charge in [0.15, 0.2) is 5.69 Å². The SMILES string of the molecule is Cc1cc([N@+]2(N3CCCC3)CCC[C@@H]2C)ccc1N. The van der Waals surface area contributed by atoms with Crippen LogP contribution in [0.2, 0.25) is 0 Å². The minimum atomic E-state index is 0.695. The summed E-state index contributed by atoms with van der Waals surface area (Å²) in [7, 11) is 0. The second-order valence-corrected chi connectivity index (χ2v) is 6.24.